The molecular weight excluding hydrogens is 388 g/mol. The molecule has 0 spiro atoms. The fourth-order valence-corrected chi connectivity index (χ4v) is 4.26. The third-order valence-corrected chi connectivity index (χ3v) is 6.46. The van der Waals surface area contributed by atoms with E-state index in [0.29, 0.717) is 17.4 Å². The summed E-state index contributed by atoms with van der Waals surface area (Å²) in [6.07, 6.45) is 2.13. The first kappa shape index (κ1) is 19.9. The summed E-state index contributed by atoms with van der Waals surface area (Å²) in [5.41, 5.74) is 5.93. The normalized spacial score (nSPS) is 18.7. The van der Waals surface area contributed by atoms with E-state index >= 15 is 0 Å². The van der Waals surface area contributed by atoms with Crippen molar-refractivity contribution in [2.75, 3.05) is 25.4 Å². The highest BCUT2D eigenvalue weighted by Crippen LogP contribution is 2.20. The number of nitrogens with zero attached hydrogens (tertiary/aromatic N) is 1. The number of piperidine rings is 1. The lowest BCUT2D eigenvalue weighted by Crippen LogP contribution is -2.41. The van der Waals surface area contributed by atoms with Gasteiger partial charge in [0, 0.05) is 17.1 Å². The van der Waals surface area contributed by atoms with Crippen LogP contribution in [-0.2, 0) is 9.84 Å². The Morgan fingerprint density at radius 3 is 2.32 bits per heavy atom. The van der Waals surface area contributed by atoms with Gasteiger partial charge in [-0.05, 0) is 63.0 Å². The van der Waals surface area contributed by atoms with Crippen molar-refractivity contribution in [3.8, 4) is 0 Å². The largest absolute Gasteiger partial charge is 0.328 e. The molecule has 0 bridgehead atoms. The molecule has 126 valence electrons. The molecule has 2 rings (SSSR count). The van der Waals surface area contributed by atoms with E-state index in [9.17, 15) is 8.42 Å². The van der Waals surface area contributed by atoms with Gasteiger partial charge in [-0.1, -0.05) is 15.9 Å². The van der Waals surface area contributed by atoms with Crippen LogP contribution in [0.2, 0.25) is 0 Å². The van der Waals surface area contributed by atoms with Gasteiger partial charge in [-0.15, -0.1) is 12.4 Å². The van der Waals surface area contributed by atoms with Gasteiger partial charge in [0.15, 0.2) is 9.84 Å². The van der Waals surface area contributed by atoms with Gasteiger partial charge in [-0.3, -0.25) is 0 Å². The monoisotopic (exact) mass is 410 g/mol. The molecule has 1 fully saturated rings. The number of likely N-dealkylation sites (tertiary alicyclic amines) is 1. The molecular formula is C15H24BrClN2O2S. The zero-order valence-electron chi connectivity index (χ0n) is 12.7. The number of halogens is 2. The summed E-state index contributed by atoms with van der Waals surface area (Å²) in [5.74, 6) is 0.752. The Balaban J connectivity index is 0.00000242. The molecule has 1 saturated heterocycles. The molecule has 22 heavy (non-hydrogen) atoms. The van der Waals surface area contributed by atoms with Gasteiger partial charge >= 0.3 is 0 Å². The van der Waals surface area contributed by atoms with Crippen molar-refractivity contribution in [1.82, 2.24) is 4.90 Å². The highest BCUT2D eigenvalue weighted by Gasteiger charge is 2.23. The predicted molar refractivity (Wildman–Crippen MR) is 96.3 cm³/mol. The van der Waals surface area contributed by atoms with Crippen molar-refractivity contribution in [3.63, 3.8) is 0 Å². The van der Waals surface area contributed by atoms with Gasteiger partial charge in [-0.25, -0.2) is 8.42 Å². The molecule has 2 N–H and O–H groups in total. The van der Waals surface area contributed by atoms with Crippen LogP contribution in [0.15, 0.2) is 33.6 Å². The summed E-state index contributed by atoms with van der Waals surface area (Å²) in [4.78, 5) is 2.63. The summed E-state index contributed by atoms with van der Waals surface area (Å²) in [7, 11) is -3.19. The molecule has 7 heteroatoms. The second-order valence-electron chi connectivity index (χ2n) is 5.81. The summed E-state index contributed by atoms with van der Waals surface area (Å²) >= 11 is 3.32. The Morgan fingerprint density at radius 1 is 1.27 bits per heavy atom. The lowest BCUT2D eigenvalue weighted by molar-refractivity contribution is 0.180. The standard InChI is InChI=1S/C15H23BrN2O2S.ClH/c1-12(17)13-6-8-18(9-7-13)10-11-21(19,20)15-4-2-14(16)3-5-15;/h2-5,12-13H,6-11,17H2,1H3;1H. The lowest BCUT2D eigenvalue weighted by atomic mass is 9.91. The average Bonchev–Trinajstić information content (AvgIpc) is 2.46. The van der Waals surface area contributed by atoms with Crippen LogP contribution in [-0.4, -0.2) is 44.7 Å². The molecule has 1 unspecified atom stereocenters. The van der Waals surface area contributed by atoms with E-state index < -0.39 is 9.84 Å². The van der Waals surface area contributed by atoms with Gasteiger partial charge in [0.25, 0.3) is 0 Å². The van der Waals surface area contributed by atoms with Crippen molar-refractivity contribution < 1.29 is 8.42 Å². The van der Waals surface area contributed by atoms with Crippen LogP contribution in [0.5, 0.6) is 0 Å². The van der Waals surface area contributed by atoms with E-state index in [4.69, 9.17) is 5.73 Å². The number of nitrogens with two attached hydrogens (primary N) is 1. The van der Waals surface area contributed by atoms with Crippen molar-refractivity contribution in [3.05, 3.63) is 28.7 Å². The Hall–Kier alpha value is -0.140. The number of rotatable bonds is 5. The third-order valence-electron chi connectivity index (χ3n) is 4.22. The van der Waals surface area contributed by atoms with Gasteiger partial charge in [0.1, 0.15) is 0 Å². The highest BCUT2D eigenvalue weighted by atomic mass is 79.9. The van der Waals surface area contributed by atoms with Gasteiger partial charge in [-0.2, -0.15) is 0 Å². The van der Waals surface area contributed by atoms with Crippen molar-refractivity contribution in [2.45, 2.75) is 30.7 Å². The molecule has 1 aromatic rings. The average molecular weight is 412 g/mol. The minimum absolute atomic E-state index is 0. The fraction of sp³-hybridized carbons (Fsp3) is 0.600. The summed E-state index contributed by atoms with van der Waals surface area (Å²) in [5, 5.41) is 0. The van der Waals surface area contributed by atoms with Crippen molar-refractivity contribution in [2.24, 2.45) is 11.7 Å². The van der Waals surface area contributed by atoms with Crippen LogP contribution >= 0.6 is 28.3 Å². The van der Waals surface area contributed by atoms with Crippen molar-refractivity contribution >= 4 is 38.2 Å². The van der Waals surface area contributed by atoms with Crippen LogP contribution in [0.4, 0.5) is 0 Å². The fourth-order valence-electron chi connectivity index (χ4n) is 2.71. The molecule has 1 aliphatic rings. The van der Waals surface area contributed by atoms with E-state index in [1.54, 1.807) is 24.3 Å². The first-order valence-electron chi connectivity index (χ1n) is 7.35. The topological polar surface area (TPSA) is 63.4 Å². The molecule has 1 heterocycles. The Morgan fingerprint density at radius 2 is 1.82 bits per heavy atom. The maximum Gasteiger partial charge on any atom is 0.179 e. The quantitative estimate of drug-likeness (QED) is 0.809. The first-order chi connectivity index (χ1) is 9.88. The summed E-state index contributed by atoms with van der Waals surface area (Å²) < 4.78 is 25.5. The maximum atomic E-state index is 12.3. The van der Waals surface area contributed by atoms with Crippen LogP contribution in [0.1, 0.15) is 19.8 Å². The number of hydrogen-bond acceptors (Lipinski definition) is 4. The Bertz CT molecular complexity index is 555. The molecule has 0 aromatic heterocycles. The SMILES string of the molecule is CC(N)C1CCN(CCS(=O)(=O)c2ccc(Br)cc2)CC1.Cl. The zero-order valence-corrected chi connectivity index (χ0v) is 16.0. The maximum absolute atomic E-state index is 12.3. The van der Waals surface area contributed by atoms with Gasteiger partial charge in [0.05, 0.1) is 10.6 Å². The predicted octanol–water partition coefficient (Wildman–Crippen LogP) is 2.70. The molecule has 4 nitrogen and oxygen atoms in total. The van der Waals surface area contributed by atoms with Crippen LogP contribution in [0.3, 0.4) is 0 Å². The van der Waals surface area contributed by atoms with E-state index in [1.165, 1.54) is 0 Å². The molecule has 1 aliphatic heterocycles. The van der Waals surface area contributed by atoms with Crippen LogP contribution < -0.4 is 5.73 Å². The second-order valence-corrected chi connectivity index (χ2v) is 8.84. The van der Waals surface area contributed by atoms with Gasteiger partial charge < -0.3 is 10.6 Å². The third kappa shape index (κ3) is 5.49. The molecule has 0 amide bonds. The molecule has 0 radical (unpaired) electrons. The Labute approximate surface area is 147 Å². The second kappa shape index (κ2) is 8.64. The van der Waals surface area contributed by atoms with E-state index in [0.717, 1.165) is 30.4 Å². The molecule has 1 atom stereocenters. The number of sulfone groups is 1. The van der Waals surface area contributed by atoms with E-state index in [1.807, 2.05) is 0 Å². The van der Waals surface area contributed by atoms with E-state index in [-0.39, 0.29) is 24.2 Å². The minimum atomic E-state index is -3.19. The zero-order chi connectivity index (χ0) is 15.5. The smallest absolute Gasteiger partial charge is 0.179 e. The minimum Gasteiger partial charge on any atom is -0.328 e. The van der Waals surface area contributed by atoms with Crippen LogP contribution in [0, 0.1) is 5.92 Å². The number of benzene rings is 1. The highest BCUT2D eigenvalue weighted by molar-refractivity contribution is 9.10. The van der Waals surface area contributed by atoms with E-state index in [2.05, 4.69) is 27.8 Å². The van der Waals surface area contributed by atoms with Gasteiger partial charge in [0.2, 0.25) is 0 Å². The summed E-state index contributed by atoms with van der Waals surface area (Å²) in [6.45, 7) is 4.55. The molecule has 1 aromatic carbocycles. The molecule has 0 saturated carbocycles. The number of hydrogen-bond donors (Lipinski definition) is 1. The van der Waals surface area contributed by atoms with Crippen molar-refractivity contribution in [1.29, 1.82) is 0 Å². The summed E-state index contributed by atoms with van der Waals surface area (Å²) in [6, 6.07) is 7.07. The molecule has 0 aliphatic carbocycles. The lowest BCUT2D eigenvalue weighted by Gasteiger charge is -2.33. The Kier molecular flexibility index (Phi) is 7.82. The first-order valence-corrected chi connectivity index (χ1v) is 9.79. The van der Waals surface area contributed by atoms with Crippen LogP contribution in [0.25, 0.3) is 0 Å².